The Bertz CT molecular complexity index is 1870. The monoisotopic (exact) mass is 579 g/mol. The molecule has 0 spiro atoms. The van der Waals surface area contributed by atoms with Gasteiger partial charge in [-0.3, -0.25) is 9.78 Å². The van der Waals surface area contributed by atoms with Gasteiger partial charge in [-0.15, -0.1) is 0 Å². The van der Waals surface area contributed by atoms with Crippen LogP contribution in [0.25, 0.3) is 28.0 Å². The second-order valence-corrected chi connectivity index (χ2v) is 11.5. The molecule has 220 valence electrons. The van der Waals surface area contributed by atoms with E-state index in [1.165, 1.54) is 16.7 Å². The molecule has 1 fully saturated rings. The summed E-state index contributed by atoms with van der Waals surface area (Å²) in [6, 6.07) is 9.87. The van der Waals surface area contributed by atoms with Gasteiger partial charge in [-0.05, 0) is 69.5 Å². The van der Waals surface area contributed by atoms with Crippen molar-refractivity contribution >= 4 is 22.8 Å². The highest BCUT2D eigenvalue weighted by atomic mass is 19.1. The van der Waals surface area contributed by atoms with E-state index in [4.69, 9.17) is 4.98 Å². The minimum atomic E-state index is -0.571. The number of hydrogen-bond donors (Lipinski definition) is 0. The Kier molecular flexibility index (Phi) is 7.84. The lowest BCUT2D eigenvalue weighted by Crippen LogP contribution is -2.58. The molecule has 0 aliphatic carbocycles. The van der Waals surface area contributed by atoms with Crippen LogP contribution in [0.2, 0.25) is 0 Å². The lowest BCUT2D eigenvalue weighted by Gasteiger charge is -2.44. The molecule has 0 unspecified atom stereocenters. The summed E-state index contributed by atoms with van der Waals surface area (Å²) in [7, 11) is 0. The largest absolute Gasteiger partial charge is 0.355 e. The number of aromatic nitrogens is 4. The number of aryl methyl sites for hydroxylation is 2. The highest BCUT2D eigenvalue weighted by molar-refractivity contribution is 5.93. The van der Waals surface area contributed by atoms with Crippen LogP contribution in [0.3, 0.4) is 0 Å². The number of benzene rings is 1. The standard InChI is InChI=1S/C33H34FN7O2/c1-8-27(42)39-16-22(7)40(17-21(39)6)31-25-14-23(15-35)29(24-13-19(4)9-10-26(24)34)37-32(25)41(33(43)38-31)30-20(5)11-12-36-28(30)18(2)3/h8-14,18,21-22H,1,16-17H2,2-7H3/t21-,22+/m1/s1. The fourth-order valence-electron chi connectivity index (χ4n) is 5.79. The van der Waals surface area contributed by atoms with Crippen molar-refractivity contribution in [2.45, 2.75) is 59.5 Å². The maximum atomic E-state index is 15.2. The molecule has 43 heavy (non-hydrogen) atoms. The van der Waals surface area contributed by atoms with Crippen molar-refractivity contribution < 1.29 is 9.18 Å². The Labute approximate surface area is 249 Å². The van der Waals surface area contributed by atoms with Gasteiger partial charge in [0.05, 0.1) is 28.0 Å². The molecule has 3 aromatic heterocycles. The lowest BCUT2D eigenvalue weighted by molar-refractivity contribution is -0.128. The van der Waals surface area contributed by atoms with Gasteiger partial charge >= 0.3 is 5.69 Å². The van der Waals surface area contributed by atoms with E-state index >= 15 is 4.39 Å². The van der Waals surface area contributed by atoms with Crippen molar-refractivity contribution in [2.24, 2.45) is 0 Å². The molecule has 1 saturated heterocycles. The number of anilines is 1. The average molecular weight is 580 g/mol. The molecular formula is C33H34FN7O2. The van der Waals surface area contributed by atoms with Crippen molar-refractivity contribution in [3.05, 3.63) is 87.9 Å². The van der Waals surface area contributed by atoms with E-state index in [1.807, 2.05) is 52.5 Å². The summed E-state index contributed by atoms with van der Waals surface area (Å²) in [5.41, 5.74) is 2.97. The van der Waals surface area contributed by atoms with Crippen molar-refractivity contribution in [2.75, 3.05) is 18.0 Å². The summed E-state index contributed by atoms with van der Waals surface area (Å²) >= 11 is 0. The molecule has 1 aliphatic heterocycles. The van der Waals surface area contributed by atoms with Gasteiger partial charge in [0.15, 0.2) is 5.65 Å². The Morgan fingerprint density at radius 1 is 1.14 bits per heavy atom. The van der Waals surface area contributed by atoms with E-state index in [0.717, 1.165) is 11.1 Å². The third kappa shape index (κ3) is 5.16. The van der Waals surface area contributed by atoms with Crippen molar-refractivity contribution in [1.29, 1.82) is 5.26 Å². The first-order chi connectivity index (χ1) is 20.5. The van der Waals surface area contributed by atoms with Crippen LogP contribution in [0.4, 0.5) is 10.2 Å². The fourth-order valence-corrected chi connectivity index (χ4v) is 5.79. The van der Waals surface area contributed by atoms with Gasteiger partial charge in [0.1, 0.15) is 17.7 Å². The normalized spacial score (nSPS) is 16.9. The zero-order chi connectivity index (χ0) is 31.2. The molecular weight excluding hydrogens is 545 g/mol. The van der Waals surface area contributed by atoms with Crippen LogP contribution in [-0.4, -0.2) is 55.5 Å². The highest BCUT2D eigenvalue weighted by Crippen LogP contribution is 2.35. The van der Waals surface area contributed by atoms with Gasteiger partial charge in [-0.25, -0.2) is 18.7 Å². The molecule has 2 atom stereocenters. The van der Waals surface area contributed by atoms with E-state index < -0.39 is 11.5 Å². The van der Waals surface area contributed by atoms with Crippen molar-refractivity contribution in [3.63, 3.8) is 0 Å². The van der Waals surface area contributed by atoms with E-state index in [1.54, 1.807) is 29.3 Å². The number of halogens is 1. The van der Waals surface area contributed by atoms with Crippen LogP contribution in [0.5, 0.6) is 0 Å². The number of carbonyl (C=O) groups excluding carboxylic acids is 1. The summed E-state index contributed by atoms with van der Waals surface area (Å²) in [5, 5.41) is 10.7. The lowest BCUT2D eigenvalue weighted by atomic mass is 10.0. The third-order valence-corrected chi connectivity index (χ3v) is 7.99. The van der Waals surface area contributed by atoms with E-state index in [-0.39, 0.29) is 46.4 Å². The third-order valence-electron chi connectivity index (χ3n) is 7.99. The molecule has 1 aliphatic rings. The Hall–Kier alpha value is -4.91. The number of rotatable bonds is 5. The zero-order valence-electron chi connectivity index (χ0n) is 25.2. The number of fused-ring (bicyclic) bond motifs is 1. The molecule has 0 saturated carbocycles. The van der Waals surface area contributed by atoms with Gasteiger partial charge in [0, 0.05) is 36.9 Å². The Morgan fingerprint density at radius 3 is 2.56 bits per heavy atom. The number of nitrogens with zero attached hydrogens (tertiary/aromatic N) is 7. The van der Waals surface area contributed by atoms with Gasteiger partial charge < -0.3 is 9.80 Å². The summed E-state index contributed by atoms with van der Waals surface area (Å²) in [6.45, 7) is 16.0. The van der Waals surface area contributed by atoms with E-state index in [0.29, 0.717) is 35.7 Å². The smallest absolute Gasteiger partial charge is 0.349 e. The van der Waals surface area contributed by atoms with E-state index in [2.05, 4.69) is 22.6 Å². The number of pyridine rings is 2. The number of hydrogen-bond acceptors (Lipinski definition) is 7. The van der Waals surface area contributed by atoms with Crippen molar-refractivity contribution in [1.82, 2.24) is 24.4 Å². The zero-order valence-corrected chi connectivity index (χ0v) is 25.2. The highest BCUT2D eigenvalue weighted by Gasteiger charge is 2.34. The second-order valence-electron chi connectivity index (χ2n) is 11.5. The minimum Gasteiger partial charge on any atom is -0.349 e. The predicted octanol–water partition coefficient (Wildman–Crippen LogP) is 5.21. The quantitative estimate of drug-likeness (QED) is 0.299. The van der Waals surface area contributed by atoms with Crippen LogP contribution in [0.15, 0.2) is 54.0 Å². The summed E-state index contributed by atoms with van der Waals surface area (Å²) in [6.07, 6.45) is 3.00. The number of piperazine rings is 1. The SMILES string of the molecule is C=CC(=O)N1C[C@H](C)N(c2nc(=O)n(-c3c(C)ccnc3C(C)C)c3nc(-c4cc(C)ccc4F)c(C#N)cc23)C[C@H]1C. The van der Waals surface area contributed by atoms with Gasteiger partial charge in [0.2, 0.25) is 5.91 Å². The van der Waals surface area contributed by atoms with Gasteiger partial charge in [0.25, 0.3) is 0 Å². The average Bonchev–Trinajstić information content (AvgIpc) is 2.98. The van der Waals surface area contributed by atoms with Crippen LogP contribution in [0.1, 0.15) is 56.0 Å². The summed E-state index contributed by atoms with van der Waals surface area (Å²) < 4.78 is 16.6. The van der Waals surface area contributed by atoms with Crippen LogP contribution >= 0.6 is 0 Å². The number of carbonyl (C=O) groups is 1. The molecule has 0 bridgehead atoms. The first-order valence-corrected chi connectivity index (χ1v) is 14.3. The molecule has 1 amide bonds. The molecule has 1 aromatic carbocycles. The number of amides is 1. The van der Waals surface area contributed by atoms with Crippen LogP contribution in [-0.2, 0) is 4.79 Å². The maximum Gasteiger partial charge on any atom is 0.355 e. The van der Waals surface area contributed by atoms with E-state index in [9.17, 15) is 14.9 Å². The topological polar surface area (TPSA) is 108 Å². The molecule has 0 N–H and O–H groups in total. The first-order valence-electron chi connectivity index (χ1n) is 14.3. The van der Waals surface area contributed by atoms with Crippen molar-refractivity contribution in [3.8, 4) is 23.0 Å². The summed E-state index contributed by atoms with van der Waals surface area (Å²) in [5.74, 6) is -0.365. The number of nitriles is 1. The molecule has 5 rings (SSSR count). The Morgan fingerprint density at radius 2 is 1.88 bits per heavy atom. The second kappa shape index (κ2) is 11.4. The van der Waals surface area contributed by atoms with Gasteiger partial charge in [-0.1, -0.05) is 32.1 Å². The minimum absolute atomic E-state index is 0.0278. The van der Waals surface area contributed by atoms with Crippen LogP contribution in [0, 0.1) is 31.0 Å². The molecule has 9 nitrogen and oxygen atoms in total. The molecule has 0 radical (unpaired) electrons. The molecule has 4 aromatic rings. The first kappa shape index (κ1) is 29.6. The maximum absolute atomic E-state index is 15.2. The molecule has 4 heterocycles. The molecule has 10 heteroatoms. The Balaban J connectivity index is 1.87. The van der Waals surface area contributed by atoms with Gasteiger partial charge in [-0.2, -0.15) is 10.2 Å². The predicted molar refractivity (Wildman–Crippen MR) is 165 cm³/mol. The summed E-state index contributed by atoms with van der Waals surface area (Å²) in [4.78, 5) is 44.4. The fraction of sp³-hybridized carbons (Fsp3) is 0.333. The van der Waals surface area contributed by atoms with Crippen LogP contribution < -0.4 is 10.6 Å².